The van der Waals surface area contributed by atoms with Crippen LogP contribution >= 0.6 is 24.8 Å². The van der Waals surface area contributed by atoms with Crippen LogP contribution in [-0.2, 0) is 0 Å². The fourth-order valence-corrected chi connectivity index (χ4v) is 3.95. The number of aryl methyl sites for hydroxylation is 2. The van der Waals surface area contributed by atoms with E-state index < -0.39 is 0 Å². The third-order valence-electron chi connectivity index (χ3n) is 5.04. The van der Waals surface area contributed by atoms with Crippen molar-refractivity contribution in [3.05, 3.63) is 41.3 Å². The van der Waals surface area contributed by atoms with Gasteiger partial charge in [-0.15, -0.1) is 24.8 Å². The maximum atomic E-state index is 12.5. The number of nitrogens with one attached hydrogen (secondary N) is 2. The minimum absolute atomic E-state index is 0. The van der Waals surface area contributed by atoms with Gasteiger partial charge < -0.3 is 10.6 Å². The minimum atomic E-state index is -0.0336. The van der Waals surface area contributed by atoms with E-state index in [1.54, 1.807) is 10.9 Å². The van der Waals surface area contributed by atoms with E-state index in [0.717, 1.165) is 30.0 Å². The standard InChI is InChI=1S/C18H23N5O.2ClH/c1-11-7-12(2)23(22-11)17-6-3-13(10-19-17)18(24)21-16-8-14-4-5-15(9-16)20-14;;/h3,6-7,10,14-16,20H,4-5,8-9H2,1-2H3,(H,21,24);2*1H. The molecule has 0 aliphatic carbocycles. The molecule has 0 saturated carbocycles. The van der Waals surface area contributed by atoms with E-state index in [1.807, 2.05) is 32.0 Å². The van der Waals surface area contributed by atoms with Crippen molar-refractivity contribution in [2.75, 3.05) is 0 Å². The molecule has 0 spiro atoms. The van der Waals surface area contributed by atoms with E-state index in [1.165, 1.54) is 12.8 Å². The minimum Gasteiger partial charge on any atom is -0.349 e. The third-order valence-corrected chi connectivity index (χ3v) is 5.04. The molecule has 2 unspecified atom stereocenters. The second-order valence-electron chi connectivity index (χ2n) is 7.02. The lowest BCUT2D eigenvalue weighted by atomic mass is 9.99. The zero-order chi connectivity index (χ0) is 16.7. The van der Waals surface area contributed by atoms with Crippen molar-refractivity contribution in [2.24, 2.45) is 0 Å². The molecular weight excluding hydrogens is 373 g/mol. The van der Waals surface area contributed by atoms with Crippen LogP contribution in [0.3, 0.4) is 0 Å². The van der Waals surface area contributed by atoms with Crippen molar-refractivity contribution in [2.45, 2.75) is 57.7 Å². The molecule has 8 heteroatoms. The van der Waals surface area contributed by atoms with Crippen LogP contribution in [0.25, 0.3) is 5.82 Å². The average molecular weight is 398 g/mol. The number of hydrogen-bond acceptors (Lipinski definition) is 4. The number of aromatic nitrogens is 3. The zero-order valence-electron chi connectivity index (χ0n) is 14.9. The van der Waals surface area contributed by atoms with Crippen molar-refractivity contribution in [3.8, 4) is 5.82 Å². The highest BCUT2D eigenvalue weighted by atomic mass is 35.5. The Kier molecular flexibility index (Phi) is 6.66. The Bertz CT molecular complexity index is 749. The van der Waals surface area contributed by atoms with Crippen LogP contribution in [0.4, 0.5) is 0 Å². The summed E-state index contributed by atoms with van der Waals surface area (Å²) in [6.07, 6.45) is 6.15. The monoisotopic (exact) mass is 397 g/mol. The maximum Gasteiger partial charge on any atom is 0.253 e. The highest BCUT2D eigenvalue weighted by Gasteiger charge is 2.34. The van der Waals surface area contributed by atoms with Gasteiger partial charge in [-0.3, -0.25) is 4.79 Å². The lowest BCUT2D eigenvalue weighted by molar-refractivity contribution is 0.0923. The molecule has 2 aliphatic heterocycles. The molecule has 2 aromatic heterocycles. The van der Waals surface area contributed by atoms with Crippen molar-refractivity contribution in [3.63, 3.8) is 0 Å². The van der Waals surface area contributed by atoms with E-state index >= 15 is 0 Å². The number of halogens is 2. The zero-order valence-corrected chi connectivity index (χ0v) is 16.6. The van der Waals surface area contributed by atoms with E-state index in [9.17, 15) is 4.79 Å². The van der Waals surface area contributed by atoms with Crippen molar-refractivity contribution in [1.29, 1.82) is 0 Å². The Labute approximate surface area is 166 Å². The van der Waals surface area contributed by atoms with Crippen molar-refractivity contribution >= 4 is 30.7 Å². The number of nitrogens with zero attached hydrogens (tertiary/aromatic N) is 3. The second-order valence-corrected chi connectivity index (χ2v) is 7.02. The van der Waals surface area contributed by atoms with E-state index in [2.05, 4.69) is 20.7 Å². The molecule has 0 radical (unpaired) electrons. The number of carbonyl (C=O) groups excluding carboxylic acids is 1. The fraction of sp³-hybridized carbons (Fsp3) is 0.500. The molecule has 2 aromatic rings. The molecule has 142 valence electrons. The van der Waals surface area contributed by atoms with Crippen LogP contribution in [0.5, 0.6) is 0 Å². The Morgan fingerprint density at radius 2 is 1.88 bits per heavy atom. The van der Waals surface area contributed by atoms with Crippen LogP contribution in [0.2, 0.25) is 0 Å². The topological polar surface area (TPSA) is 71.8 Å². The highest BCUT2D eigenvalue weighted by molar-refractivity contribution is 5.94. The van der Waals surface area contributed by atoms with E-state index in [0.29, 0.717) is 17.6 Å². The summed E-state index contributed by atoms with van der Waals surface area (Å²) in [5, 5.41) is 11.2. The number of amides is 1. The van der Waals surface area contributed by atoms with Gasteiger partial charge >= 0.3 is 0 Å². The van der Waals surface area contributed by atoms with Gasteiger partial charge in [-0.05, 0) is 57.7 Å². The van der Waals surface area contributed by atoms with Gasteiger partial charge in [0.2, 0.25) is 0 Å². The average Bonchev–Trinajstić information content (AvgIpc) is 3.08. The molecule has 2 saturated heterocycles. The van der Waals surface area contributed by atoms with Crippen LogP contribution in [0.15, 0.2) is 24.4 Å². The smallest absolute Gasteiger partial charge is 0.253 e. The quantitative estimate of drug-likeness (QED) is 0.834. The van der Waals surface area contributed by atoms with Crippen LogP contribution < -0.4 is 10.6 Å². The summed E-state index contributed by atoms with van der Waals surface area (Å²) in [6, 6.07) is 7.09. The highest BCUT2D eigenvalue weighted by Crippen LogP contribution is 2.26. The summed E-state index contributed by atoms with van der Waals surface area (Å²) in [7, 11) is 0. The first-order chi connectivity index (χ1) is 11.6. The molecular formula is C18H25Cl2N5O. The first-order valence-electron chi connectivity index (χ1n) is 8.65. The first-order valence-corrected chi connectivity index (χ1v) is 8.65. The molecule has 2 N–H and O–H groups in total. The molecule has 0 aromatic carbocycles. The Balaban J connectivity index is 0.00000121. The number of pyridine rings is 1. The summed E-state index contributed by atoms with van der Waals surface area (Å²) in [6.45, 7) is 3.95. The van der Waals surface area contributed by atoms with Gasteiger partial charge in [-0.2, -0.15) is 5.10 Å². The largest absolute Gasteiger partial charge is 0.349 e. The van der Waals surface area contributed by atoms with Crippen LogP contribution in [0.1, 0.15) is 47.4 Å². The number of carbonyl (C=O) groups is 1. The summed E-state index contributed by atoms with van der Waals surface area (Å²) in [4.78, 5) is 16.9. The van der Waals surface area contributed by atoms with Gasteiger partial charge in [0.15, 0.2) is 5.82 Å². The molecule has 2 atom stereocenters. The number of piperidine rings is 1. The second kappa shape index (κ2) is 8.37. The SMILES string of the molecule is Cc1cc(C)n(-c2ccc(C(=O)NC3CC4CCC(C3)N4)cn2)n1.Cl.Cl. The molecule has 26 heavy (non-hydrogen) atoms. The summed E-state index contributed by atoms with van der Waals surface area (Å²) >= 11 is 0. The van der Waals surface area contributed by atoms with Crippen LogP contribution in [-0.4, -0.2) is 38.8 Å². The van der Waals surface area contributed by atoms with E-state index in [-0.39, 0.29) is 36.8 Å². The molecule has 1 amide bonds. The first kappa shape index (κ1) is 20.7. The molecule has 6 nitrogen and oxygen atoms in total. The maximum absolute atomic E-state index is 12.5. The lowest BCUT2D eigenvalue weighted by Gasteiger charge is -2.29. The third kappa shape index (κ3) is 4.19. The lowest BCUT2D eigenvalue weighted by Crippen LogP contribution is -2.48. The van der Waals surface area contributed by atoms with Crippen LogP contribution in [0, 0.1) is 13.8 Å². The normalized spacial score (nSPS) is 23.7. The van der Waals surface area contributed by atoms with Gasteiger partial charge in [0.05, 0.1) is 11.3 Å². The van der Waals surface area contributed by atoms with E-state index in [4.69, 9.17) is 0 Å². The predicted molar refractivity (Wildman–Crippen MR) is 106 cm³/mol. The van der Waals surface area contributed by atoms with Gasteiger partial charge in [0.1, 0.15) is 0 Å². The molecule has 2 bridgehead atoms. The van der Waals surface area contributed by atoms with Crippen molar-refractivity contribution in [1.82, 2.24) is 25.4 Å². The molecule has 4 heterocycles. The Hall–Kier alpha value is -1.63. The van der Waals surface area contributed by atoms with Gasteiger partial charge in [0, 0.05) is 30.0 Å². The Morgan fingerprint density at radius 3 is 2.42 bits per heavy atom. The van der Waals surface area contributed by atoms with Gasteiger partial charge in [0.25, 0.3) is 5.91 Å². The number of rotatable bonds is 3. The molecule has 2 fully saturated rings. The van der Waals surface area contributed by atoms with Gasteiger partial charge in [-0.25, -0.2) is 9.67 Å². The summed E-state index contributed by atoms with van der Waals surface area (Å²) in [5.41, 5.74) is 2.59. The molecule has 4 rings (SSSR count). The van der Waals surface area contributed by atoms with Crippen molar-refractivity contribution < 1.29 is 4.79 Å². The Morgan fingerprint density at radius 1 is 1.19 bits per heavy atom. The summed E-state index contributed by atoms with van der Waals surface area (Å²) < 4.78 is 1.79. The number of fused-ring (bicyclic) bond motifs is 2. The number of hydrogen-bond donors (Lipinski definition) is 2. The van der Waals surface area contributed by atoms with Gasteiger partial charge in [-0.1, -0.05) is 0 Å². The molecule has 2 aliphatic rings. The summed E-state index contributed by atoms with van der Waals surface area (Å²) in [5.74, 6) is 0.700. The predicted octanol–water partition coefficient (Wildman–Crippen LogP) is 2.74. The fourth-order valence-electron chi connectivity index (χ4n) is 3.95.